The minimum atomic E-state index is -3.35. The molecule has 1 atom stereocenters. The van der Waals surface area contributed by atoms with E-state index in [2.05, 4.69) is 0 Å². The third kappa shape index (κ3) is 3.80. The fourth-order valence-electron chi connectivity index (χ4n) is 1.84. The lowest BCUT2D eigenvalue weighted by molar-refractivity contribution is 0.212. The molecule has 0 saturated carbocycles. The molecule has 0 fully saturated rings. The van der Waals surface area contributed by atoms with Crippen molar-refractivity contribution < 1.29 is 18.3 Å². The van der Waals surface area contributed by atoms with Gasteiger partial charge in [-0.2, -0.15) is 0 Å². The summed E-state index contributed by atoms with van der Waals surface area (Å²) in [5, 5.41) is 0. The fourth-order valence-corrected chi connectivity index (χ4v) is 3.58. The lowest BCUT2D eigenvalue weighted by Crippen LogP contribution is -2.16. The van der Waals surface area contributed by atoms with Gasteiger partial charge in [-0.1, -0.05) is 6.07 Å². The molecule has 108 valence electrons. The van der Waals surface area contributed by atoms with E-state index in [4.69, 9.17) is 19.5 Å². The van der Waals surface area contributed by atoms with Gasteiger partial charge in [0.05, 0.1) is 20.3 Å². The highest BCUT2D eigenvalue weighted by atomic mass is 31.2. The van der Waals surface area contributed by atoms with E-state index in [1.165, 1.54) is 0 Å². The van der Waals surface area contributed by atoms with Crippen molar-refractivity contribution >= 4 is 7.60 Å². The van der Waals surface area contributed by atoms with E-state index < -0.39 is 13.4 Å². The molecule has 0 aromatic heterocycles. The predicted molar refractivity (Wildman–Crippen MR) is 75.5 cm³/mol. The fraction of sp³-hybridized carbons (Fsp3) is 0.538. The lowest BCUT2D eigenvalue weighted by Gasteiger charge is -2.24. The zero-order valence-electron chi connectivity index (χ0n) is 11.9. The van der Waals surface area contributed by atoms with Crippen LogP contribution in [0.3, 0.4) is 0 Å². The molecule has 0 unspecified atom stereocenters. The van der Waals surface area contributed by atoms with Gasteiger partial charge in [0.1, 0.15) is 11.5 Å². The summed E-state index contributed by atoms with van der Waals surface area (Å²) in [4.78, 5) is 0. The van der Waals surface area contributed by atoms with Crippen molar-refractivity contribution in [2.45, 2.75) is 26.6 Å². The van der Waals surface area contributed by atoms with Crippen molar-refractivity contribution in [3.63, 3.8) is 0 Å². The van der Waals surface area contributed by atoms with Crippen LogP contribution in [-0.4, -0.2) is 20.3 Å². The van der Waals surface area contributed by atoms with Crippen LogP contribution in [0.4, 0.5) is 0 Å². The highest BCUT2D eigenvalue weighted by Crippen LogP contribution is 2.58. The quantitative estimate of drug-likeness (QED) is 0.780. The molecule has 1 aromatic carbocycles. The van der Waals surface area contributed by atoms with Gasteiger partial charge in [-0.3, -0.25) is 4.57 Å². The van der Waals surface area contributed by atoms with E-state index in [9.17, 15) is 4.57 Å². The van der Waals surface area contributed by atoms with Crippen LogP contribution in [0.5, 0.6) is 5.75 Å². The molecule has 0 saturated heterocycles. The van der Waals surface area contributed by atoms with Gasteiger partial charge in [-0.05, 0) is 44.0 Å². The van der Waals surface area contributed by atoms with E-state index >= 15 is 0 Å². The molecule has 0 amide bonds. The Morgan fingerprint density at radius 1 is 1.26 bits per heavy atom. The standard InChI is InChI=1S/C13H22NO4P/c1-5-17-19(15,18-6-2)13(14)12-8-7-11(16-4)9-10(12)3/h7-9,13H,5-6,14H2,1-4H3/t13-/m0/s1. The van der Waals surface area contributed by atoms with E-state index in [1.807, 2.05) is 13.0 Å². The van der Waals surface area contributed by atoms with Gasteiger partial charge in [0, 0.05) is 0 Å². The Morgan fingerprint density at radius 2 is 1.84 bits per heavy atom. The Labute approximate surface area is 114 Å². The molecule has 0 aliphatic rings. The Balaban J connectivity index is 3.09. The Kier molecular flexibility index (Phi) is 6.01. The molecule has 0 radical (unpaired) electrons. The second kappa shape index (κ2) is 7.06. The van der Waals surface area contributed by atoms with Crippen molar-refractivity contribution in [2.75, 3.05) is 20.3 Å². The SMILES string of the molecule is CCOP(=O)(OCC)[C@H](N)c1ccc(OC)cc1C. The Morgan fingerprint density at radius 3 is 2.26 bits per heavy atom. The molecular weight excluding hydrogens is 265 g/mol. The summed E-state index contributed by atoms with van der Waals surface area (Å²) in [6.45, 7) is 6.00. The van der Waals surface area contributed by atoms with Crippen LogP contribution in [0.15, 0.2) is 18.2 Å². The second-order valence-corrected chi connectivity index (χ2v) is 6.20. The maximum atomic E-state index is 12.6. The maximum absolute atomic E-state index is 12.6. The normalized spacial score (nSPS) is 13.3. The first-order valence-electron chi connectivity index (χ1n) is 6.27. The summed E-state index contributed by atoms with van der Waals surface area (Å²) in [6, 6.07) is 5.42. The largest absolute Gasteiger partial charge is 0.497 e. The molecule has 19 heavy (non-hydrogen) atoms. The van der Waals surface area contributed by atoms with Crippen LogP contribution < -0.4 is 10.5 Å². The molecule has 0 bridgehead atoms. The lowest BCUT2D eigenvalue weighted by atomic mass is 10.1. The second-order valence-electron chi connectivity index (χ2n) is 4.04. The Hall–Kier alpha value is -0.870. The smallest absolute Gasteiger partial charge is 0.351 e. The molecule has 1 rings (SSSR count). The molecule has 0 aliphatic carbocycles. The predicted octanol–water partition coefficient (Wildman–Crippen LogP) is 3.23. The number of aryl methyl sites for hydroxylation is 1. The topological polar surface area (TPSA) is 70.8 Å². The van der Waals surface area contributed by atoms with Crippen LogP contribution in [0.2, 0.25) is 0 Å². The van der Waals surface area contributed by atoms with E-state index in [-0.39, 0.29) is 0 Å². The molecule has 1 aromatic rings. The van der Waals surface area contributed by atoms with E-state index in [1.54, 1.807) is 33.1 Å². The van der Waals surface area contributed by atoms with Gasteiger partial charge < -0.3 is 19.5 Å². The first-order chi connectivity index (χ1) is 8.98. The summed E-state index contributed by atoms with van der Waals surface area (Å²) in [7, 11) is -1.75. The minimum absolute atomic E-state index is 0.292. The van der Waals surface area contributed by atoms with Gasteiger partial charge in [0.15, 0.2) is 0 Å². The van der Waals surface area contributed by atoms with Crippen LogP contribution in [0.25, 0.3) is 0 Å². The zero-order valence-corrected chi connectivity index (χ0v) is 12.8. The average Bonchev–Trinajstić information content (AvgIpc) is 2.38. The minimum Gasteiger partial charge on any atom is -0.497 e. The number of hydrogen-bond acceptors (Lipinski definition) is 5. The molecule has 6 heteroatoms. The maximum Gasteiger partial charge on any atom is 0.351 e. The van der Waals surface area contributed by atoms with Crippen molar-refractivity contribution in [1.29, 1.82) is 0 Å². The number of benzene rings is 1. The molecule has 0 aliphatic heterocycles. The summed E-state index contributed by atoms with van der Waals surface area (Å²) >= 11 is 0. The highest BCUT2D eigenvalue weighted by molar-refractivity contribution is 7.54. The molecule has 0 heterocycles. The van der Waals surface area contributed by atoms with Gasteiger partial charge in [0.25, 0.3) is 0 Å². The van der Waals surface area contributed by atoms with Gasteiger partial charge >= 0.3 is 7.60 Å². The van der Waals surface area contributed by atoms with Crippen LogP contribution in [0.1, 0.15) is 30.8 Å². The summed E-state index contributed by atoms with van der Waals surface area (Å²) in [5.41, 5.74) is 7.72. The van der Waals surface area contributed by atoms with E-state index in [0.717, 1.165) is 16.9 Å². The third-order valence-corrected chi connectivity index (χ3v) is 4.95. The van der Waals surface area contributed by atoms with Crippen molar-refractivity contribution in [3.8, 4) is 5.75 Å². The molecule has 5 nitrogen and oxygen atoms in total. The van der Waals surface area contributed by atoms with Crippen LogP contribution >= 0.6 is 7.60 Å². The number of nitrogens with two attached hydrogens (primary N) is 1. The van der Waals surface area contributed by atoms with Crippen LogP contribution in [-0.2, 0) is 13.6 Å². The van der Waals surface area contributed by atoms with Crippen molar-refractivity contribution in [3.05, 3.63) is 29.3 Å². The number of rotatable bonds is 7. The van der Waals surface area contributed by atoms with Gasteiger partial charge in [-0.25, -0.2) is 0 Å². The third-order valence-electron chi connectivity index (χ3n) is 2.75. The summed E-state index contributed by atoms with van der Waals surface area (Å²) in [6.07, 6.45) is 0. The first-order valence-corrected chi connectivity index (χ1v) is 7.88. The Bertz CT molecular complexity index is 454. The first kappa shape index (κ1) is 16.2. The van der Waals surface area contributed by atoms with E-state index in [0.29, 0.717) is 13.2 Å². The van der Waals surface area contributed by atoms with Crippen molar-refractivity contribution in [1.82, 2.24) is 0 Å². The highest BCUT2D eigenvalue weighted by Gasteiger charge is 2.34. The molecular formula is C13H22NO4P. The number of ether oxygens (including phenoxy) is 1. The monoisotopic (exact) mass is 287 g/mol. The van der Waals surface area contributed by atoms with Crippen LogP contribution in [0, 0.1) is 6.92 Å². The molecule has 0 spiro atoms. The number of methoxy groups -OCH3 is 1. The van der Waals surface area contributed by atoms with Crippen molar-refractivity contribution in [2.24, 2.45) is 5.73 Å². The molecule has 2 N–H and O–H groups in total. The summed E-state index contributed by atoms with van der Waals surface area (Å²) in [5.74, 6) is -0.0607. The average molecular weight is 287 g/mol. The zero-order chi connectivity index (χ0) is 14.5. The van der Waals surface area contributed by atoms with Gasteiger partial charge in [0.2, 0.25) is 0 Å². The summed E-state index contributed by atoms with van der Waals surface area (Å²) < 4.78 is 28.3. The van der Waals surface area contributed by atoms with Gasteiger partial charge in [-0.15, -0.1) is 0 Å². The number of hydrogen-bond donors (Lipinski definition) is 1.